The van der Waals surface area contributed by atoms with Gasteiger partial charge in [-0.2, -0.15) is 0 Å². The summed E-state index contributed by atoms with van der Waals surface area (Å²) >= 11 is 0. The number of rotatable bonds is 5. The van der Waals surface area contributed by atoms with Crippen LogP contribution in [-0.4, -0.2) is 53.7 Å². The molecule has 0 spiro atoms. The quantitative estimate of drug-likeness (QED) is 0.732. The zero-order chi connectivity index (χ0) is 12.1. The van der Waals surface area contributed by atoms with Gasteiger partial charge in [0.2, 0.25) is 0 Å². The van der Waals surface area contributed by atoms with Crippen molar-refractivity contribution in [3.05, 3.63) is 18.2 Å². The van der Waals surface area contributed by atoms with Crippen LogP contribution in [0.2, 0.25) is 0 Å². The average Bonchev–Trinajstić information content (AvgIpc) is 2.63. The maximum Gasteiger partial charge on any atom is 0.271 e. The standard InChI is InChI=1S/C10H18N4O2/c1-13(5-8(11)6-16-3)10(15)9-4-12-7-14(9)2/h4,7-8H,5-6,11H2,1-3H3. The van der Waals surface area contributed by atoms with Gasteiger partial charge in [-0.05, 0) is 0 Å². The Balaban J connectivity index is 2.58. The van der Waals surface area contributed by atoms with Crippen LogP contribution in [-0.2, 0) is 11.8 Å². The third-order valence-corrected chi connectivity index (χ3v) is 2.27. The van der Waals surface area contributed by atoms with Gasteiger partial charge in [-0.3, -0.25) is 4.79 Å². The lowest BCUT2D eigenvalue weighted by atomic mass is 10.3. The molecule has 0 aliphatic heterocycles. The summed E-state index contributed by atoms with van der Waals surface area (Å²) in [5.41, 5.74) is 6.32. The second kappa shape index (κ2) is 5.62. The molecule has 1 heterocycles. The number of carbonyl (C=O) groups is 1. The van der Waals surface area contributed by atoms with Crippen LogP contribution in [0.5, 0.6) is 0 Å². The molecule has 0 aliphatic carbocycles. The van der Waals surface area contributed by atoms with Crippen molar-refractivity contribution in [2.24, 2.45) is 12.8 Å². The predicted molar refractivity (Wildman–Crippen MR) is 60.0 cm³/mol. The Morgan fingerprint density at radius 1 is 1.75 bits per heavy atom. The molecule has 2 N–H and O–H groups in total. The van der Waals surface area contributed by atoms with Crippen LogP contribution < -0.4 is 5.73 Å². The number of likely N-dealkylation sites (N-methyl/N-ethyl adjacent to an activating group) is 1. The molecule has 1 rings (SSSR count). The summed E-state index contributed by atoms with van der Waals surface area (Å²) in [6.45, 7) is 0.890. The Labute approximate surface area is 95.0 Å². The molecule has 0 saturated heterocycles. The van der Waals surface area contributed by atoms with Crippen LogP contribution >= 0.6 is 0 Å². The lowest BCUT2D eigenvalue weighted by molar-refractivity contribution is 0.0755. The molecule has 1 unspecified atom stereocenters. The number of imidazole rings is 1. The van der Waals surface area contributed by atoms with E-state index in [4.69, 9.17) is 10.5 Å². The zero-order valence-corrected chi connectivity index (χ0v) is 9.88. The Bertz CT molecular complexity index is 350. The minimum Gasteiger partial charge on any atom is -0.383 e. The van der Waals surface area contributed by atoms with E-state index in [1.54, 1.807) is 43.2 Å². The molecule has 0 saturated carbocycles. The zero-order valence-electron chi connectivity index (χ0n) is 9.88. The number of nitrogens with zero attached hydrogens (tertiary/aromatic N) is 3. The number of ether oxygens (including phenoxy) is 1. The van der Waals surface area contributed by atoms with Crippen molar-refractivity contribution in [1.29, 1.82) is 0 Å². The fraction of sp³-hybridized carbons (Fsp3) is 0.600. The minimum atomic E-state index is -0.174. The molecule has 16 heavy (non-hydrogen) atoms. The highest BCUT2D eigenvalue weighted by atomic mass is 16.5. The van der Waals surface area contributed by atoms with Crippen molar-refractivity contribution >= 4 is 5.91 Å². The number of nitrogens with two attached hydrogens (primary N) is 1. The SMILES string of the molecule is COCC(N)CN(C)C(=O)c1cncn1C. The van der Waals surface area contributed by atoms with Gasteiger partial charge in [0.1, 0.15) is 5.69 Å². The summed E-state index contributed by atoms with van der Waals surface area (Å²) in [6, 6.07) is -0.174. The first kappa shape index (κ1) is 12.7. The topological polar surface area (TPSA) is 73.4 Å². The molecule has 1 amide bonds. The highest BCUT2D eigenvalue weighted by Gasteiger charge is 2.17. The van der Waals surface area contributed by atoms with Crippen LogP contribution in [0.4, 0.5) is 0 Å². The maximum absolute atomic E-state index is 11.9. The van der Waals surface area contributed by atoms with Crippen LogP contribution in [0.1, 0.15) is 10.5 Å². The van der Waals surface area contributed by atoms with Crippen LogP contribution in [0, 0.1) is 0 Å². The van der Waals surface area contributed by atoms with E-state index in [1.807, 2.05) is 0 Å². The number of amides is 1. The van der Waals surface area contributed by atoms with Crippen LogP contribution in [0.25, 0.3) is 0 Å². The normalized spacial score (nSPS) is 12.5. The molecule has 0 aliphatic rings. The average molecular weight is 226 g/mol. The molecule has 6 heteroatoms. The van der Waals surface area contributed by atoms with Crippen molar-refractivity contribution < 1.29 is 9.53 Å². The van der Waals surface area contributed by atoms with Crippen LogP contribution in [0.3, 0.4) is 0 Å². The van der Waals surface area contributed by atoms with Gasteiger partial charge in [0.25, 0.3) is 5.91 Å². The van der Waals surface area contributed by atoms with E-state index >= 15 is 0 Å². The summed E-state index contributed by atoms with van der Waals surface area (Å²) < 4.78 is 6.60. The van der Waals surface area contributed by atoms with Gasteiger partial charge in [0.05, 0.1) is 19.1 Å². The molecule has 1 aromatic heterocycles. The molecule has 6 nitrogen and oxygen atoms in total. The van der Waals surface area contributed by atoms with Gasteiger partial charge in [-0.1, -0.05) is 0 Å². The molecule has 1 atom stereocenters. The van der Waals surface area contributed by atoms with Crippen molar-refractivity contribution in [3.63, 3.8) is 0 Å². The number of carbonyl (C=O) groups excluding carboxylic acids is 1. The fourth-order valence-corrected chi connectivity index (χ4v) is 1.46. The highest BCUT2D eigenvalue weighted by Crippen LogP contribution is 2.01. The first-order valence-electron chi connectivity index (χ1n) is 5.02. The van der Waals surface area contributed by atoms with E-state index in [9.17, 15) is 4.79 Å². The monoisotopic (exact) mass is 226 g/mol. The lowest BCUT2D eigenvalue weighted by Gasteiger charge is -2.21. The van der Waals surface area contributed by atoms with Crippen molar-refractivity contribution in [2.45, 2.75) is 6.04 Å². The Morgan fingerprint density at radius 3 is 2.94 bits per heavy atom. The Kier molecular flexibility index (Phi) is 4.45. The number of aryl methyl sites for hydroxylation is 1. The summed E-state index contributed by atoms with van der Waals surface area (Å²) in [5, 5.41) is 0. The molecule has 0 fully saturated rings. The van der Waals surface area contributed by atoms with E-state index in [2.05, 4.69) is 4.98 Å². The summed E-state index contributed by atoms with van der Waals surface area (Å²) in [5.74, 6) is -0.0912. The van der Waals surface area contributed by atoms with Gasteiger partial charge in [0.15, 0.2) is 0 Å². The highest BCUT2D eigenvalue weighted by molar-refractivity contribution is 5.92. The second-order valence-corrected chi connectivity index (χ2v) is 3.79. The molecule has 90 valence electrons. The van der Waals surface area contributed by atoms with Gasteiger partial charge >= 0.3 is 0 Å². The fourth-order valence-electron chi connectivity index (χ4n) is 1.46. The van der Waals surface area contributed by atoms with Crippen molar-refractivity contribution in [2.75, 3.05) is 27.3 Å². The molecule has 0 aromatic carbocycles. The number of aromatic nitrogens is 2. The molecule has 1 aromatic rings. The van der Waals surface area contributed by atoms with Gasteiger partial charge in [-0.15, -0.1) is 0 Å². The Hall–Kier alpha value is -1.40. The van der Waals surface area contributed by atoms with E-state index in [0.29, 0.717) is 18.8 Å². The maximum atomic E-state index is 11.9. The first-order chi connectivity index (χ1) is 7.56. The summed E-state index contributed by atoms with van der Waals surface area (Å²) in [4.78, 5) is 17.4. The summed E-state index contributed by atoms with van der Waals surface area (Å²) in [7, 11) is 5.08. The van der Waals surface area contributed by atoms with Gasteiger partial charge < -0.3 is 19.9 Å². The lowest BCUT2D eigenvalue weighted by Crippen LogP contribution is -2.41. The second-order valence-electron chi connectivity index (χ2n) is 3.79. The molecular weight excluding hydrogens is 208 g/mol. The third-order valence-electron chi connectivity index (χ3n) is 2.27. The Morgan fingerprint density at radius 2 is 2.44 bits per heavy atom. The smallest absolute Gasteiger partial charge is 0.271 e. The van der Waals surface area contributed by atoms with E-state index in [1.165, 1.54) is 0 Å². The number of methoxy groups -OCH3 is 1. The van der Waals surface area contributed by atoms with Crippen LogP contribution in [0.15, 0.2) is 12.5 Å². The minimum absolute atomic E-state index is 0.0912. The largest absolute Gasteiger partial charge is 0.383 e. The van der Waals surface area contributed by atoms with E-state index < -0.39 is 0 Å². The van der Waals surface area contributed by atoms with E-state index in [0.717, 1.165) is 0 Å². The molecular formula is C10H18N4O2. The summed E-state index contributed by atoms with van der Waals surface area (Å²) in [6.07, 6.45) is 3.14. The number of hydrogen-bond acceptors (Lipinski definition) is 4. The van der Waals surface area contributed by atoms with Crippen molar-refractivity contribution in [1.82, 2.24) is 14.5 Å². The third kappa shape index (κ3) is 3.04. The van der Waals surface area contributed by atoms with Gasteiger partial charge in [-0.25, -0.2) is 4.98 Å². The van der Waals surface area contributed by atoms with E-state index in [-0.39, 0.29) is 11.9 Å². The van der Waals surface area contributed by atoms with Crippen molar-refractivity contribution in [3.8, 4) is 0 Å². The number of hydrogen-bond donors (Lipinski definition) is 1. The first-order valence-corrected chi connectivity index (χ1v) is 5.02. The predicted octanol–water partition coefficient (Wildman–Crippen LogP) is -0.534. The molecule has 0 radical (unpaired) electrons. The van der Waals surface area contributed by atoms with Gasteiger partial charge in [0, 0.05) is 33.8 Å². The molecule has 0 bridgehead atoms.